The van der Waals surface area contributed by atoms with E-state index in [0.717, 1.165) is 17.0 Å². The topological polar surface area (TPSA) is 283 Å². The van der Waals surface area contributed by atoms with Gasteiger partial charge in [0.25, 0.3) is 20.2 Å². The Morgan fingerprint density at radius 3 is 1.33 bits per heavy atom. The maximum Gasteiger partial charge on any atom is 0.294 e. The third-order valence-corrected chi connectivity index (χ3v) is 9.01. The Morgan fingerprint density at radius 2 is 0.982 bits per heavy atom. The molecular weight excluding hydrogens is 761 g/mol. The number of azo groups is 2. The lowest BCUT2D eigenvalue weighted by atomic mass is 10.2. The summed E-state index contributed by atoms with van der Waals surface area (Å²) in [7, 11) is -6.03. The van der Waals surface area contributed by atoms with Crippen LogP contribution in [0.1, 0.15) is 13.8 Å². The summed E-state index contributed by atoms with van der Waals surface area (Å²) >= 11 is 0. The van der Waals surface area contributed by atoms with Gasteiger partial charge >= 0.3 is 0 Å². The zero-order chi connectivity index (χ0) is 39.9. The Balaban J connectivity index is 1.44. The van der Waals surface area contributed by atoms with Crippen LogP contribution in [0, 0.1) is 0 Å². The summed E-state index contributed by atoms with van der Waals surface area (Å²) in [6.07, 6.45) is -2.45. The van der Waals surface area contributed by atoms with E-state index in [1.165, 1.54) is 76.6 Å². The van der Waals surface area contributed by atoms with E-state index in [2.05, 4.69) is 46.0 Å². The van der Waals surface area contributed by atoms with E-state index >= 15 is 0 Å². The van der Waals surface area contributed by atoms with Gasteiger partial charge in [-0.2, -0.15) is 52.2 Å². The van der Waals surface area contributed by atoms with Crippen molar-refractivity contribution in [3.63, 3.8) is 0 Å². The molecule has 20 nitrogen and oxygen atoms in total. The third-order valence-electron chi connectivity index (χ3n) is 7.32. The van der Waals surface area contributed by atoms with E-state index in [9.17, 15) is 36.2 Å². The molecule has 1 heterocycles. The second-order valence-corrected chi connectivity index (χ2v) is 14.2. The summed E-state index contributed by atoms with van der Waals surface area (Å²) in [6, 6.07) is 20.0. The van der Waals surface area contributed by atoms with Crippen molar-refractivity contribution < 1.29 is 45.6 Å². The number of aliphatic hydroxyl groups is 2. The summed E-state index contributed by atoms with van der Waals surface area (Å²) in [5, 5.41) is 43.3. The average molecular weight is 795 g/mol. The molecule has 22 heteroatoms. The molecule has 4 aromatic carbocycles. The summed E-state index contributed by atoms with van der Waals surface area (Å²) < 4.78 is 75.7. The smallest absolute Gasteiger partial charge is 0.294 e. The Kier molecular flexibility index (Phi) is 12.3. The van der Waals surface area contributed by atoms with Gasteiger partial charge in [-0.15, -0.1) is 0 Å². The molecule has 0 amide bonds. The zero-order valence-corrected chi connectivity index (χ0v) is 31.0. The van der Waals surface area contributed by atoms with Crippen molar-refractivity contribution in [3.05, 3.63) is 84.9 Å². The molecule has 0 saturated carbocycles. The first-order chi connectivity index (χ1) is 26.0. The predicted octanol–water partition coefficient (Wildman–Crippen LogP) is 6.18. The van der Waals surface area contributed by atoms with Crippen LogP contribution in [0.3, 0.4) is 0 Å². The number of rotatable bonds is 15. The normalized spacial score (nSPS) is 13.1. The Labute approximate surface area is 314 Å². The zero-order valence-electron chi connectivity index (χ0n) is 29.4. The van der Waals surface area contributed by atoms with Crippen LogP contribution in [-0.4, -0.2) is 77.8 Å². The molecule has 6 N–H and O–H groups in total. The van der Waals surface area contributed by atoms with Crippen molar-refractivity contribution >= 4 is 72.2 Å². The number of methoxy groups -OCH3 is 2. The molecule has 5 rings (SSSR count). The SMILES string of the molecule is COc1cc(N=Nc2cccc(S(=O)(=O)O)c2)ccc1Nc1nc(Nc2ccc(N=Nc3cccc(S(=O)(=O)O)c3)cc2OC)nc(N(C(C)O)C(C)O)n1. The van der Waals surface area contributed by atoms with Crippen molar-refractivity contribution in [3.8, 4) is 11.5 Å². The van der Waals surface area contributed by atoms with Gasteiger partial charge in [0.05, 0.1) is 58.1 Å². The van der Waals surface area contributed by atoms with Crippen molar-refractivity contribution in [2.24, 2.45) is 20.5 Å². The van der Waals surface area contributed by atoms with E-state index in [1.54, 1.807) is 24.3 Å². The molecule has 0 fully saturated rings. The monoisotopic (exact) mass is 794 g/mol. The molecule has 1 aromatic heterocycles. The lowest BCUT2D eigenvalue weighted by Crippen LogP contribution is -2.41. The van der Waals surface area contributed by atoms with Gasteiger partial charge in [0.1, 0.15) is 24.0 Å². The number of ether oxygens (including phenoxy) is 2. The van der Waals surface area contributed by atoms with Crippen LogP contribution in [0.5, 0.6) is 11.5 Å². The molecule has 0 aliphatic heterocycles. The standard InChI is InChI=1S/C33H34N10O10S2/c1-19(44)43(20(2)45)33-37-31(34-27-13-11-23(17-29(27)52-3)41-39-21-7-5-9-25(15-21)54(46,47)48)36-32(38-33)35-28-14-12-24(18-30(28)53-4)42-40-22-8-6-10-26(16-22)55(49,50)51/h5-20,44-45H,1-4H3,(H,46,47,48)(H,49,50,51)(H2,34,35,36,37,38). The summed E-state index contributed by atoms with van der Waals surface area (Å²) in [6.45, 7) is 2.84. The largest absolute Gasteiger partial charge is 0.494 e. The first-order valence-electron chi connectivity index (χ1n) is 15.8. The minimum absolute atomic E-state index is 0.0370. The van der Waals surface area contributed by atoms with Crippen LogP contribution in [0.25, 0.3) is 0 Å². The Hall–Kier alpha value is -6.17. The summed E-state index contributed by atoms with van der Waals surface area (Å²) in [5.41, 5.74) is 1.74. The number of aliphatic hydroxyl groups excluding tert-OH is 2. The lowest BCUT2D eigenvalue weighted by molar-refractivity contribution is 0.103. The average Bonchev–Trinajstić information content (AvgIpc) is 3.13. The van der Waals surface area contributed by atoms with Crippen LogP contribution < -0.4 is 25.0 Å². The first kappa shape index (κ1) is 40.0. The van der Waals surface area contributed by atoms with Gasteiger partial charge in [0, 0.05) is 12.1 Å². The van der Waals surface area contributed by atoms with E-state index in [0.29, 0.717) is 22.7 Å². The molecule has 0 radical (unpaired) electrons. The maximum absolute atomic E-state index is 11.5. The third kappa shape index (κ3) is 10.5. The quantitative estimate of drug-likeness (QED) is 0.0392. The highest BCUT2D eigenvalue weighted by molar-refractivity contribution is 7.86. The molecule has 55 heavy (non-hydrogen) atoms. The molecule has 0 aliphatic carbocycles. The van der Waals surface area contributed by atoms with Crippen LogP contribution >= 0.6 is 0 Å². The van der Waals surface area contributed by atoms with Crippen molar-refractivity contribution in [2.45, 2.75) is 36.1 Å². The molecule has 2 atom stereocenters. The molecule has 5 aromatic rings. The Morgan fingerprint density at radius 1 is 0.600 bits per heavy atom. The summed E-state index contributed by atoms with van der Waals surface area (Å²) in [4.78, 5) is 13.7. The molecule has 0 aliphatic rings. The van der Waals surface area contributed by atoms with E-state index in [1.807, 2.05) is 0 Å². The minimum atomic E-state index is -4.43. The molecule has 0 spiro atoms. The number of benzene rings is 4. The number of hydrogen-bond acceptors (Lipinski definition) is 18. The number of nitrogens with one attached hydrogen (secondary N) is 2. The molecular formula is C33H34N10O10S2. The maximum atomic E-state index is 11.5. The summed E-state index contributed by atoms with van der Waals surface area (Å²) in [5.74, 6) is 0.366. The van der Waals surface area contributed by atoms with Crippen molar-refractivity contribution in [1.82, 2.24) is 15.0 Å². The van der Waals surface area contributed by atoms with Crippen molar-refractivity contribution in [1.29, 1.82) is 0 Å². The number of aromatic nitrogens is 3. The van der Waals surface area contributed by atoms with Crippen molar-refractivity contribution in [2.75, 3.05) is 29.8 Å². The second kappa shape index (κ2) is 16.9. The fourth-order valence-electron chi connectivity index (χ4n) is 4.81. The van der Waals surface area contributed by atoms with Gasteiger partial charge in [-0.3, -0.25) is 14.0 Å². The molecule has 0 saturated heterocycles. The van der Waals surface area contributed by atoms with E-state index in [-0.39, 0.29) is 50.5 Å². The van der Waals surface area contributed by atoms with Gasteiger partial charge in [-0.1, -0.05) is 12.1 Å². The second-order valence-electron chi connectivity index (χ2n) is 11.3. The van der Waals surface area contributed by atoms with E-state index in [4.69, 9.17) is 9.47 Å². The highest BCUT2D eigenvalue weighted by atomic mass is 32.2. The van der Waals surface area contributed by atoms with E-state index < -0.39 is 32.7 Å². The van der Waals surface area contributed by atoms with Crippen LogP contribution in [-0.2, 0) is 20.2 Å². The number of anilines is 5. The Bertz CT molecular complexity index is 2300. The fraction of sp³-hybridized carbons (Fsp3) is 0.182. The molecule has 2 unspecified atom stereocenters. The number of nitrogens with zero attached hydrogens (tertiary/aromatic N) is 8. The molecule has 0 bridgehead atoms. The van der Waals surface area contributed by atoms with Crippen LogP contribution in [0.15, 0.2) is 115 Å². The van der Waals surface area contributed by atoms with Gasteiger partial charge < -0.3 is 30.3 Å². The van der Waals surface area contributed by atoms with Gasteiger partial charge in [0.15, 0.2) is 0 Å². The highest BCUT2D eigenvalue weighted by Crippen LogP contribution is 2.35. The lowest BCUT2D eigenvalue weighted by Gasteiger charge is -2.28. The van der Waals surface area contributed by atoms with Gasteiger partial charge in [0.2, 0.25) is 17.8 Å². The minimum Gasteiger partial charge on any atom is -0.494 e. The number of hydrogen-bond donors (Lipinski definition) is 6. The van der Waals surface area contributed by atoms with Gasteiger partial charge in [-0.25, -0.2) is 0 Å². The van der Waals surface area contributed by atoms with Crippen LogP contribution in [0.4, 0.5) is 52.0 Å². The highest BCUT2D eigenvalue weighted by Gasteiger charge is 2.23. The first-order valence-corrected chi connectivity index (χ1v) is 18.7. The predicted molar refractivity (Wildman–Crippen MR) is 199 cm³/mol. The fourth-order valence-corrected chi connectivity index (χ4v) is 5.85. The molecule has 288 valence electrons. The van der Waals surface area contributed by atoms with Gasteiger partial charge in [-0.05, 0) is 74.5 Å². The van der Waals surface area contributed by atoms with Crippen LogP contribution in [0.2, 0.25) is 0 Å².